The molecule has 1 N–H and O–H groups in total. The van der Waals surface area contributed by atoms with Gasteiger partial charge < -0.3 is 0 Å². The first-order chi connectivity index (χ1) is 16.9. The van der Waals surface area contributed by atoms with E-state index in [0.29, 0.717) is 13.2 Å². The van der Waals surface area contributed by atoms with Gasteiger partial charge in [0.1, 0.15) is 0 Å². The molecule has 11 nitrogen and oxygen atoms in total. The number of aromatic nitrogens is 1. The zero-order valence-electron chi connectivity index (χ0n) is 21.7. The van der Waals surface area contributed by atoms with Gasteiger partial charge >= 0.3 is 210 Å². The van der Waals surface area contributed by atoms with E-state index in [1.807, 2.05) is 0 Å². The Balaban J connectivity index is 2.14. The molecule has 2 fully saturated rings. The van der Waals surface area contributed by atoms with Crippen molar-refractivity contribution >= 4 is 25.3 Å². The van der Waals surface area contributed by atoms with Crippen LogP contribution in [0.2, 0.25) is 0 Å². The molecule has 1 unspecified atom stereocenters. The number of ether oxygens (including phenoxy) is 3. The first kappa shape index (κ1) is 27.4. The van der Waals surface area contributed by atoms with Gasteiger partial charge in [-0.1, -0.05) is 0 Å². The second-order valence-corrected chi connectivity index (χ2v) is 10.1. The van der Waals surface area contributed by atoms with Crippen LogP contribution in [0.5, 0.6) is 5.75 Å². The maximum atomic E-state index is 13.2. The fourth-order valence-electron chi connectivity index (χ4n) is 5.23. The SMILES string of the molecule is CCOC(=O)c1cn(C[C@H]2[C@H]3CC(C[C@H]3C)N2C(=O)OC(C)(C)C)c(C(=O)OCC)c(OB=N)c1=O. The van der Waals surface area contributed by atoms with Crippen molar-refractivity contribution in [3.63, 3.8) is 0 Å². The van der Waals surface area contributed by atoms with E-state index in [1.54, 1.807) is 39.5 Å². The quantitative estimate of drug-likeness (QED) is 0.325. The Hall–Kier alpha value is -3.18. The van der Waals surface area contributed by atoms with Gasteiger partial charge in [0.25, 0.3) is 0 Å². The second kappa shape index (κ2) is 10.8. The molecule has 3 rings (SSSR count). The van der Waals surface area contributed by atoms with E-state index >= 15 is 0 Å². The fourth-order valence-corrected chi connectivity index (χ4v) is 5.23. The average Bonchev–Trinajstić information content (AvgIpc) is 3.31. The number of pyridine rings is 1. The van der Waals surface area contributed by atoms with E-state index in [9.17, 15) is 19.2 Å². The summed E-state index contributed by atoms with van der Waals surface area (Å²) in [5.41, 5.74) is -2.16. The van der Waals surface area contributed by atoms with Crippen molar-refractivity contribution in [2.75, 3.05) is 13.2 Å². The van der Waals surface area contributed by atoms with Crippen molar-refractivity contribution in [3.05, 3.63) is 27.7 Å². The van der Waals surface area contributed by atoms with E-state index < -0.39 is 34.8 Å². The van der Waals surface area contributed by atoms with Crippen molar-refractivity contribution in [1.82, 2.24) is 9.47 Å². The molecule has 0 radical (unpaired) electrons. The number of hydrogen-bond donors (Lipinski definition) is 1. The average molecular weight is 503 g/mol. The first-order valence-corrected chi connectivity index (χ1v) is 12.2. The fraction of sp³-hybridized carbons (Fsp3) is 0.667. The minimum atomic E-state index is -0.887. The van der Waals surface area contributed by atoms with Crippen LogP contribution in [-0.4, -0.2) is 65.7 Å². The van der Waals surface area contributed by atoms with Crippen LogP contribution < -0.4 is 10.1 Å². The number of piperidine rings is 1. The summed E-state index contributed by atoms with van der Waals surface area (Å²) in [6, 6.07) is -0.385. The molecule has 12 heteroatoms. The van der Waals surface area contributed by atoms with E-state index in [2.05, 4.69) is 6.92 Å². The summed E-state index contributed by atoms with van der Waals surface area (Å²) in [6.45, 7) is 10.9. The Kier molecular flexibility index (Phi) is 8.25. The third-order valence-corrected chi connectivity index (χ3v) is 6.53. The second-order valence-electron chi connectivity index (χ2n) is 10.1. The van der Waals surface area contributed by atoms with Crippen LogP contribution in [0.15, 0.2) is 11.0 Å². The summed E-state index contributed by atoms with van der Waals surface area (Å²) in [5, 5.41) is 7.36. The van der Waals surface area contributed by atoms with Crippen molar-refractivity contribution in [2.24, 2.45) is 11.8 Å². The van der Waals surface area contributed by atoms with E-state index in [4.69, 9.17) is 24.2 Å². The molecule has 1 aliphatic heterocycles. The minimum absolute atomic E-state index is 0.0166. The van der Waals surface area contributed by atoms with Gasteiger partial charge in [-0.15, -0.1) is 0 Å². The van der Waals surface area contributed by atoms with Gasteiger partial charge in [-0.3, -0.25) is 0 Å². The van der Waals surface area contributed by atoms with Crippen molar-refractivity contribution in [1.29, 1.82) is 5.31 Å². The molecular formula is C24H34BN3O8. The number of carbonyl (C=O) groups excluding carboxylic acids is 3. The normalized spacial score (nSPS) is 22.7. The number of likely N-dealkylation sites (tertiary alicyclic amines) is 1. The monoisotopic (exact) mass is 503 g/mol. The van der Waals surface area contributed by atoms with Gasteiger partial charge in [0.2, 0.25) is 0 Å². The van der Waals surface area contributed by atoms with E-state index in [1.165, 1.54) is 10.8 Å². The predicted octanol–water partition coefficient (Wildman–Crippen LogP) is 3.00. The molecule has 2 aliphatic rings. The number of hydrogen-bond acceptors (Lipinski definition) is 9. The zero-order valence-corrected chi connectivity index (χ0v) is 21.7. The summed E-state index contributed by atoms with van der Waals surface area (Å²) < 4.78 is 22.4. The molecule has 1 aliphatic carbocycles. The molecule has 0 spiro atoms. The molecule has 4 atom stereocenters. The summed E-state index contributed by atoms with van der Waals surface area (Å²) in [6.07, 6.45) is 2.42. The maximum absolute atomic E-state index is 13.2. The summed E-state index contributed by atoms with van der Waals surface area (Å²) >= 11 is 0. The zero-order chi connectivity index (χ0) is 26.8. The van der Waals surface area contributed by atoms with Crippen LogP contribution in [0.1, 0.15) is 75.2 Å². The molecule has 2 heterocycles. The number of fused-ring (bicyclic) bond motifs is 2. The molecule has 1 amide bonds. The summed E-state index contributed by atoms with van der Waals surface area (Å²) in [7, 11) is 0.505. The van der Waals surface area contributed by atoms with Crippen molar-refractivity contribution in [2.45, 2.75) is 78.6 Å². The summed E-state index contributed by atoms with van der Waals surface area (Å²) in [5.74, 6) is -1.79. The molecular weight excluding hydrogens is 469 g/mol. The topological polar surface area (TPSA) is 137 Å². The van der Waals surface area contributed by atoms with Gasteiger partial charge in [-0.05, 0) is 0 Å². The summed E-state index contributed by atoms with van der Waals surface area (Å²) in [4.78, 5) is 53.5. The first-order valence-electron chi connectivity index (χ1n) is 12.2. The predicted molar refractivity (Wildman–Crippen MR) is 129 cm³/mol. The van der Waals surface area contributed by atoms with Crippen LogP contribution >= 0.6 is 0 Å². The Morgan fingerprint density at radius 3 is 2.33 bits per heavy atom. The van der Waals surface area contributed by atoms with Gasteiger partial charge in [0.15, 0.2) is 0 Å². The van der Waals surface area contributed by atoms with Crippen molar-refractivity contribution in [3.8, 4) is 5.75 Å². The number of amides is 1. The number of carbonyl (C=O) groups is 3. The van der Waals surface area contributed by atoms with Crippen LogP contribution in [0.25, 0.3) is 0 Å². The standard InChI is InChI=1S/C24H34BN3O8/c1-7-33-21(30)16-11-27(18(22(31)34-8-2)20(19(16)29)36-25-26)12-17-15-10-14(9-13(15)3)28(17)23(32)35-24(4,5)6/h11,13-15,17,26H,7-10,12H2,1-6H3/t13-,14?,15+,17+/m1/s1. The van der Waals surface area contributed by atoms with Crippen LogP contribution in [-0.2, 0) is 20.8 Å². The number of nitrogens with zero attached hydrogens (tertiary/aromatic N) is 2. The third-order valence-electron chi connectivity index (χ3n) is 6.53. The molecule has 2 bridgehead atoms. The molecule has 1 aromatic rings. The molecule has 0 aromatic carbocycles. The van der Waals surface area contributed by atoms with E-state index in [-0.39, 0.29) is 49.0 Å². The van der Waals surface area contributed by atoms with Gasteiger partial charge in [-0.25, -0.2) is 0 Å². The molecule has 1 saturated carbocycles. The van der Waals surface area contributed by atoms with Gasteiger partial charge in [0.05, 0.1) is 0 Å². The molecule has 1 aromatic heterocycles. The van der Waals surface area contributed by atoms with Crippen LogP contribution in [0.4, 0.5) is 4.79 Å². The Labute approximate surface area is 210 Å². The Bertz CT molecular complexity index is 1100. The van der Waals surface area contributed by atoms with Crippen LogP contribution in [0, 0.1) is 17.1 Å². The number of esters is 2. The van der Waals surface area contributed by atoms with Gasteiger partial charge in [-0.2, -0.15) is 0 Å². The number of rotatable bonds is 8. The van der Waals surface area contributed by atoms with Crippen molar-refractivity contribution < 1.29 is 33.2 Å². The van der Waals surface area contributed by atoms with Crippen LogP contribution in [0.3, 0.4) is 0 Å². The Morgan fingerprint density at radius 1 is 1.11 bits per heavy atom. The molecule has 196 valence electrons. The molecule has 1 saturated heterocycles. The number of nitrogens with one attached hydrogen (secondary N) is 1. The van der Waals surface area contributed by atoms with E-state index in [0.717, 1.165) is 12.8 Å². The Morgan fingerprint density at radius 2 is 1.75 bits per heavy atom. The van der Waals surface area contributed by atoms with Gasteiger partial charge in [0, 0.05) is 0 Å². The third kappa shape index (κ3) is 5.47. The molecule has 36 heavy (non-hydrogen) atoms.